The molecule has 0 radical (unpaired) electrons. The van der Waals surface area contributed by atoms with Gasteiger partial charge in [0.05, 0.1) is 5.38 Å². The van der Waals surface area contributed by atoms with E-state index in [1.165, 1.54) is 6.21 Å². The van der Waals surface area contributed by atoms with Crippen LogP contribution in [0.3, 0.4) is 0 Å². The molecule has 0 aliphatic rings. The highest BCUT2D eigenvalue weighted by atomic mass is 35.5. The van der Waals surface area contributed by atoms with Crippen LogP contribution in [-0.2, 0) is 4.84 Å². The Morgan fingerprint density at radius 1 is 1.86 bits per heavy atom. The lowest BCUT2D eigenvalue weighted by Crippen LogP contribution is -1.64. The Morgan fingerprint density at radius 3 is 3.00 bits per heavy atom. The van der Waals surface area contributed by atoms with Gasteiger partial charge in [-0.15, -0.1) is 0 Å². The molecule has 0 bridgehead atoms. The van der Waals surface area contributed by atoms with E-state index in [9.17, 15) is 0 Å². The first-order valence-corrected chi connectivity index (χ1v) is 2.04. The van der Waals surface area contributed by atoms with Gasteiger partial charge in [-0.2, -0.15) is 0 Å². The van der Waals surface area contributed by atoms with Crippen LogP contribution in [-0.4, -0.2) is 6.21 Å². The zero-order valence-corrected chi connectivity index (χ0v) is 4.57. The molecule has 0 N–H and O–H groups in total. The molecule has 38 valence electrons. The fraction of sp³-hybridized carbons (Fsp3) is 0.250. The van der Waals surface area contributed by atoms with Crippen LogP contribution < -0.4 is 0 Å². The first-order valence-electron chi connectivity index (χ1n) is 1.66. The van der Waals surface area contributed by atoms with E-state index in [1.54, 1.807) is 6.92 Å². The van der Waals surface area contributed by atoms with Crippen molar-refractivity contribution in [2.24, 2.45) is 5.16 Å². The molecule has 2 nitrogen and oxygen atoms in total. The molecule has 0 atom stereocenters. The second-order valence-electron chi connectivity index (χ2n) is 0.651. The molecular formula is C4H4ClNO. The highest BCUT2D eigenvalue weighted by molar-refractivity contribution is 6.30. The predicted octanol–water partition coefficient (Wildman–Crippen LogP) is 1.17. The standard InChI is InChI=1S/C4H4ClNO/c1-2-6-7-4-3-5/h2H,1H3. The number of hydrogen-bond acceptors (Lipinski definition) is 2. The molecule has 0 aromatic heterocycles. The van der Waals surface area contributed by atoms with Crippen LogP contribution in [0.2, 0.25) is 0 Å². The molecule has 0 unspecified atom stereocenters. The van der Waals surface area contributed by atoms with Gasteiger partial charge >= 0.3 is 0 Å². The average molecular weight is 118 g/mol. The maximum Gasteiger partial charge on any atom is 0.166 e. The summed E-state index contributed by atoms with van der Waals surface area (Å²) in [5.41, 5.74) is 0. The number of rotatable bonds is 1. The van der Waals surface area contributed by atoms with Crippen molar-refractivity contribution >= 4 is 17.8 Å². The molecule has 7 heavy (non-hydrogen) atoms. The molecule has 0 fully saturated rings. The predicted molar refractivity (Wildman–Crippen MR) is 28.9 cm³/mol. The van der Waals surface area contributed by atoms with Crippen LogP contribution in [0.1, 0.15) is 6.92 Å². The van der Waals surface area contributed by atoms with Gasteiger partial charge in [-0.1, -0.05) is 5.16 Å². The van der Waals surface area contributed by atoms with Crippen LogP contribution in [0, 0.1) is 11.5 Å². The van der Waals surface area contributed by atoms with E-state index in [2.05, 4.69) is 16.1 Å². The van der Waals surface area contributed by atoms with Gasteiger partial charge in [0, 0.05) is 6.21 Å². The maximum atomic E-state index is 4.88. The molecule has 0 aromatic carbocycles. The summed E-state index contributed by atoms with van der Waals surface area (Å²) in [6.45, 7) is 1.72. The largest absolute Gasteiger partial charge is 0.303 e. The number of oxime groups is 1. The van der Waals surface area contributed by atoms with Gasteiger partial charge in [-0.05, 0) is 18.5 Å². The van der Waals surface area contributed by atoms with Gasteiger partial charge < -0.3 is 4.84 Å². The van der Waals surface area contributed by atoms with Crippen LogP contribution in [0.4, 0.5) is 0 Å². The first kappa shape index (κ1) is 6.32. The lowest BCUT2D eigenvalue weighted by atomic mass is 10.9. The summed E-state index contributed by atoms with van der Waals surface area (Å²) < 4.78 is 0. The third-order valence-electron chi connectivity index (χ3n) is 0.242. The van der Waals surface area contributed by atoms with Crippen LogP contribution in [0.15, 0.2) is 5.16 Å². The summed E-state index contributed by atoms with van der Waals surface area (Å²) in [5.74, 6) is 0. The third-order valence-corrected chi connectivity index (χ3v) is 0.319. The van der Waals surface area contributed by atoms with Gasteiger partial charge in [0.15, 0.2) is 6.11 Å². The monoisotopic (exact) mass is 117 g/mol. The average Bonchev–Trinajstić information content (AvgIpc) is 1.69. The molecule has 0 heterocycles. The Kier molecular flexibility index (Phi) is 4.80. The fourth-order valence-corrected chi connectivity index (χ4v) is 0.131. The normalized spacial score (nSPS) is 7.71. The summed E-state index contributed by atoms with van der Waals surface area (Å²) in [5, 5.41) is 5.27. The quantitative estimate of drug-likeness (QED) is 0.287. The lowest BCUT2D eigenvalue weighted by molar-refractivity contribution is 0.301. The molecule has 0 saturated heterocycles. The fourth-order valence-electron chi connectivity index (χ4n) is 0.0963. The van der Waals surface area contributed by atoms with Crippen molar-refractivity contribution in [1.29, 1.82) is 0 Å². The Morgan fingerprint density at radius 2 is 2.57 bits per heavy atom. The first-order chi connectivity index (χ1) is 3.41. The second-order valence-corrected chi connectivity index (χ2v) is 0.840. The molecule has 0 amide bonds. The van der Waals surface area contributed by atoms with Gasteiger partial charge in [0.25, 0.3) is 0 Å². The van der Waals surface area contributed by atoms with Crippen LogP contribution >= 0.6 is 11.6 Å². The molecule has 0 aliphatic carbocycles. The number of hydrogen-bond donors (Lipinski definition) is 0. The van der Waals surface area contributed by atoms with Gasteiger partial charge in [0.1, 0.15) is 0 Å². The zero-order chi connectivity index (χ0) is 5.54. The van der Waals surface area contributed by atoms with E-state index in [-0.39, 0.29) is 0 Å². The Labute approximate surface area is 47.1 Å². The third kappa shape index (κ3) is 5.32. The van der Waals surface area contributed by atoms with E-state index >= 15 is 0 Å². The summed E-state index contributed by atoms with van der Waals surface area (Å²) in [6.07, 6.45) is 3.54. The molecule has 0 aromatic rings. The number of nitrogens with zero attached hydrogens (tertiary/aromatic N) is 1. The molecular weight excluding hydrogens is 114 g/mol. The van der Waals surface area contributed by atoms with Crippen LogP contribution in [0.5, 0.6) is 0 Å². The second kappa shape index (κ2) is 5.32. The summed E-state index contributed by atoms with van der Waals surface area (Å²) >= 11 is 4.88. The summed E-state index contributed by atoms with van der Waals surface area (Å²) in [6, 6.07) is 0. The SMILES string of the molecule is CC=NOC#CCl. The highest BCUT2D eigenvalue weighted by Crippen LogP contribution is 1.68. The molecule has 0 rings (SSSR count). The molecule has 0 saturated carbocycles. The van der Waals surface area contributed by atoms with E-state index in [4.69, 9.17) is 11.6 Å². The topological polar surface area (TPSA) is 21.6 Å². The Hall–Kier alpha value is -0.680. The van der Waals surface area contributed by atoms with Crippen molar-refractivity contribution in [3.63, 3.8) is 0 Å². The van der Waals surface area contributed by atoms with Gasteiger partial charge in [0.2, 0.25) is 0 Å². The minimum atomic E-state index is 1.47. The van der Waals surface area contributed by atoms with Gasteiger partial charge in [-0.25, -0.2) is 0 Å². The van der Waals surface area contributed by atoms with Crippen molar-refractivity contribution < 1.29 is 4.84 Å². The lowest BCUT2D eigenvalue weighted by Gasteiger charge is -1.73. The highest BCUT2D eigenvalue weighted by Gasteiger charge is 1.58. The molecule has 3 heteroatoms. The van der Waals surface area contributed by atoms with E-state index in [1.807, 2.05) is 5.38 Å². The Balaban J connectivity index is 3.09. The minimum Gasteiger partial charge on any atom is -0.303 e. The Bertz CT molecular complexity index is 111. The van der Waals surface area contributed by atoms with Crippen molar-refractivity contribution in [2.45, 2.75) is 6.92 Å². The van der Waals surface area contributed by atoms with E-state index in [0.717, 1.165) is 0 Å². The number of halogens is 1. The van der Waals surface area contributed by atoms with Crippen molar-refractivity contribution in [3.05, 3.63) is 0 Å². The minimum absolute atomic E-state index is 1.47. The van der Waals surface area contributed by atoms with E-state index < -0.39 is 0 Å². The molecule has 0 aliphatic heterocycles. The van der Waals surface area contributed by atoms with E-state index in [0.29, 0.717) is 0 Å². The zero-order valence-electron chi connectivity index (χ0n) is 3.81. The smallest absolute Gasteiger partial charge is 0.166 e. The van der Waals surface area contributed by atoms with Gasteiger partial charge in [-0.3, -0.25) is 0 Å². The van der Waals surface area contributed by atoms with Crippen molar-refractivity contribution in [1.82, 2.24) is 0 Å². The summed E-state index contributed by atoms with van der Waals surface area (Å²) in [7, 11) is 0. The van der Waals surface area contributed by atoms with Crippen molar-refractivity contribution in [3.8, 4) is 11.5 Å². The molecule has 0 spiro atoms. The van der Waals surface area contributed by atoms with Crippen molar-refractivity contribution in [2.75, 3.05) is 0 Å². The van der Waals surface area contributed by atoms with Crippen LogP contribution in [0.25, 0.3) is 0 Å². The summed E-state index contributed by atoms with van der Waals surface area (Å²) in [4.78, 5) is 4.21. The maximum absolute atomic E-state index is 4.88.